The van der Waals surface area contributed by atoms with Crippen molar-refractivity contribution in [2.75, 3.05) is 26.4 Å². The summed E-state index contributed by atoms with van der Waals surface area (Å²) in [6, 6.07) is 0. The Bertz CT molecular complexity index is 92.1. The van der Waals surface area contributed by atoms with E-state index in [-0.39, 0.29) is 26.4 Å². The number of aliphatic hydroxyl groups excluding tert-OH is 2. The van der Waals surface area contributed by atoms with Crippen LogP contribution in [0.3, 0.4) is 0 Å². The Morgan fingerprint density at radius 1 is 1.00 bits per heavy atom. The van der Waals surface area contributed by atoms with E-state index in [1.54, 1.807) is 0 Å². The fraction of sp³-hybridized carbons (Fsp3) is 1.00. The first-order valence-electron chi connectivity index (χ1n) is 2.85. The maximum atomic E-state index is 8.41. The van der Waals surface area contributed by atoms with Crippen molar-refractivity contribution in [2.24, 2.45) is 0 Å². The van der Waals surface area contributed by atoms with E-state index in [0.29, 0.717) is 0 Å². The molecule has 70 valence electrons. The number of hydrogen-bond donors (Lipinski definition) is 2. The van der Waals surface area contributed by atoms with E-state index in [4.69, 9.17) is 16.4 Å². The average molecular weight is 410 g/mol. The van der Waals surface area contributed by atoms with Crippen molar-refractivity contribution in [1.82, 2.24) is 0 Å². The van der Waals surface area contributed by atoms with Gasteiger partial charge in [0.15, 0.2) is 0 Å². The summed E-state index contributed by atoms with van der Waals surface area (Å²) in [5.74, 6) is 0. The second-order valence-corrected chi connectivity index (χ2v) is 22.2. The van der Waals surface area contributed by atoms with Gasteiger partial charge in [0.05, 0.1) is 0 Å². The fourth-order valence-corrected chi connectivity index (χ4v) is 5.58. The van der Waals surface area contributed by atoms with Crippen LogP contribution in [-0.2, 0) is 6.20 Å². The van der Waals surface area contributed by atoms with E-state index in [2.05, 4.69) is 25.5 Å². The van der Waals surface area contributed by atoms with Crippen molar-refractivity contribution in [3.8, 4) is 0 Å². The predicted molar refractivity (Wildman–Crippen MR) is 49.7 cm³/mol. The second-order valence-electron chi connectivity index (χ2n) is 1.47. The van der Waals surface area contributed by atoms with E-state index in [0.717, 1.165) is 0 Å². The summed E-state index contributed by atoms with van der Waals surface area (Å²) >= 11 is 3.51. The Balaban J connectivity index is 3.43. The van der Waals surface area contributed by atoms with Crippen LogP contribution in [0.25, 0.3) is 0 Å². The molecule has 0 aromatic rings. The molecule has 0 rings (SSSR count). The summed E-state index contributed by atoms with van der Waals surface area (Å²) in [5, 5.41) is 16.8. The van der Waals surface area contributed by atoms with E-state index in [1.165, 1.54) is 0 Å². The van der Waals surface area contributed by atoms with Crippen molar-refractivity contribution in [3.63, 3.8) is 0 Å². The van der Waals surface area contributed by atoms with Crippen molar-refractivity contribution in [2.45, 2.75) is 0 Å². The van der Waals surface area contributed by atoms with Crippen LogP contribution in [0.1, 0.15) is 0 Å². The Morgan fingerprint density at radius 2 is 1.36 bits per heavy atom. The fourth-order valence-electron chi connectivity index (χ4n) is 0.303. The molecule has 0 aliphatic heterocycles. The zero-order chi connectivity index (χ0) is 8.74. The molecule has 0 saturated heterocycles. The molecule has 0 spiro atoms. The molecule has 0 radical (unpaired) electrons. The molecule has 0 aliphatic carbocycles. The van der Waals surface area contributed by atoms with Crippen LogP contribution < -0.4 is 0 Å². The van der Waals surface area contributed by atoms with Crippen LogP contribution in [0.4, 0.5) is 0 Å². The standard InChI is InChI=1S/C4H10Br2O4Te/c5-11(6,9-3-1-7)10-4-2-8/h7-8H,1-4H2. The van der Waals surface area contributed by atoms with E-state index >= 15 is 0 Å². The molecule has 4 nitrogen and oxygen atoms in total. The van der Waals surface area contributed by atoms with Gasteiger partial charge in [-0.2, -0.15) is 0 Å². The monoisotopic (exact) mass is 410 g/mol. The van der Waals surface area contributed by atoms with Crippen LogP contribution in [0.2, 0.25) is 0 Å². The molecule has 0 unspecified atom stereocenters. The summed E-state index contributed by atoms with van der Waals surface area (Å²) in [7, 11) is 0. The molecule has 7 heteroatoms. The topological polar surface area (TPSA) is 58.9 Å². The van der Waals surface area contributed by atoms with Crippen LogP contribution >= 0.6 is 25.5 Å². The first-order chi connectivity index (χ1) is 5.12. The van der Waals surface area contributed by atoms with Crippen LogP contribution in [0.5, 0.6) is 0 Å². The minimum absolute atomic E-state index is 0.0344. The summed E-state index contributed by atoms with van der Waals surface area (Å²) in [6.45, 7) is 0.409. The Kier molecular flexibility index (Phi) is 8.05. The molecule has 0 aliphatic rings. The average Bonchev–Trinajstić information content (AvgIpc) is 1.97. The molecule has 2 N–H and O–H groups in total. The zero-order valence-electron chi connectivity index (χ0n) is 5.70. The minimum atomic E-state index is -2.94. The van der Waals surface area contributed by atoms with E-state index in [1.807, 2.05) is 0 Å². The van der Waals surface area contributed by atoms with Crippen molar-refractivity contribution in [3.05, 3.63) is 0 Å². The zero-order valence-corrected chi connectivity index (χ0v) is 11.2. The molecule has 0 saturated carbocycles. The molecule has 0 atom stereocenters. The van der Waals surface area contributed by atoms with Gasteiger partial charge in [-0.3, -0.25) is 0 Å². The van der Waals surface area contributed by atoms with Gasteiger partial charge in [0, 0.05) is 0 Å². The van der Waals surface area contributed by atoms with Crippen molar-refractivity contribution in [1.29, 1.82) is 0 Å². The van der Waals surface area contributed by atoms with Gasteiger partial charge in [-0.05, 0) is 0 Å². The number of aliphatic hydroxyl groups is 2. The molecule has 0 bridgehead atoms. The second kappa shape index (κ2) is 7.04. The third-order valence-electron chi connectivity index (χ3n) is 0.624. The van der Waals surface area contributed by atoms with E-state index < -0.39 is 14.6 Å². The van der Waals surface area contributed by atoms with Gasteiger partial charge < -0.3 is 0 Å². The van der Waals surface area contributed by atoms with Crippen LogP contribution in [0, 0.1) is 0 Å². The summed E-state index contributed by atoms with van der Waals surface area (Å²) < 4.78 is 10.2. The molecule has 0 fully saturated rings. The number of hydrogen-bond acceptors (Lipinski definition) is 4. The van der Waals surface area contributed by atoms with Crippen molar-refractivity contribution >= 4 is 40.1 Å². The maximum absolute atomic E-state index is 8.41. The normalized spacial score (nSPS) is 13.5. The van der Waals surface area contributed by atoms with E-state index in [9.17, 15) is 0 Å². The molecular formula is C4H10Br2O4Te. The van der Waals surface area contributed by atoms with Crippen LogP contribution in [-0.4, -0.2) is 51.2 Å². The molecule has 0 heterocycles. The first-order valence-corrected chi connectivity index (χ1v) is 15.2. The van der Waals surface area contributed by atoms with Crippen molar-refractivity contribution < 1.29 is 16.4 Å². The number of rotatable bonds is 6. The summed E-state index contributed by atoms with van der Waals surface area (Å²) in [4.78, 5) is 0. The molecule has 11 heavy (non-hydrogen) atoms. The molecule has 0 aromatic heterocycles. The first kappa shape index (κ1) is 12.6. The van der Waals surface area contributed by atoms with Gasteiger partial charge in [0.25, 0.3) is 0 Å². The van der Waals surface area contributed by atoms with Gasteiger partial charge in [0.2, 0.25) is 0 Å². The van der Waals surface area contributed by atoms with Gasteiger partial charge >= 0.3 is 82.9 Å². The Morgan fingerprint density at radius 3 is 1.64 bits per heavy atom. The quantitative estimate of drug-likeness (QED) is 0.617. The molecule has 0 aromatic carbocycles. The Labute approximate surface area is 82.4 Å². The molecule has 0 amide bonds. The predicted octanol–water partition coefficient (Wildman–Crippen LogP) is 0.230. The van der Waals surface area contributed by atoms with Crippen LogP contribution in [0.15, 0.2) is 0 Å². The number of halogens is 2. The molecular weight excluding hydrogens is 399 g/mol. The third kappa shape index (κ3) is 7.93. The SMILES string of the molecule is OCCO[Te](Br)(Br)OCCO. The summed E-state index contributed by atoms with van der Waals surface area (Å²) in [6.07, 6.45) is 0. The van der Waals surface area contributed by atoms with Gasteiger partial charge in [-0.25, -0.2) is 0 Å². The van der Waals surface area contributed by atoms with Gasteiger partial charge in [0.1, 0.15) is 0 Å². The summed E-state index contributed by atoms with van der Waals surface area (Å²) in [5.41, 5.74) is 0. The third-order valence-corrected chi connectivity index (χ3v) is 8.16. The van der Waals surface area contributed by atoms with Gasteiger partial charge in [-0.15, -0.1) is 0 Å². The Hall–Kier alpha value is 1.59. The van der Waals surface area contributed by atoms with Gasteiger partial charge in [-0.1, -0.05) is 0 Å².